The molecule has 1 aliphatic rings. The molecule has 4 heteroatoms. The largest absolute Gasteiger partial charge is 0.463 e. The van der Waals surface area contributed by atoms with Gasteiger partial charge < -0.3 is 8.83 Å². The highest BCUT2D eigenvalue weighted by molar-refractivity contribution is 6.30. The maximum Gasteiger partial charge on any atom is 0.227 e. The summed E-state index contributed by atoms with van der Waals surface area (Å²) >= 11 is 6.08. The maximum atomic E-state index is 6.48. The number of rotatable bonds is 1. The van der Waals surface area contributed by atoms with Crippen LogP contribution in [0, 0.1) is 6.92 Å². The van der Waals surface area contributed by atoms with Gasteiger partial charge in [0.1, 0.15) is 11.1 Å². The van der Waals surface area contributed by atoms with Gasteiger partial charge in [-0.05, 0) is 72.6 Å². The smallest absolute Gasteiger partial charge is 0.227 e. The Kier molecular flexibility index (Phi) is 3.67. The Hall–Kier alpha value is -2.78. The molecule has 0 radical (unpaired) electrons. The Labute approximate surface area is 179 Å². The van der Waals surface area contributed by atoms with Gasteiger partial charge in [-0.1, -0.05) is 37.6 Å². The summed E-state index contributed by atoms with van der Waals surface area (Å²) in [5.41, 5.74) is 7.58. The molecule has 1 aliphatic carbocycles. The Morgan fingerprint density at radius 1 is 1.00 bits per heavy atom. The van der Waals surface area contributed by atoms with Crippen LogP contribution in [-0.4, -0.2) is 4.98 Å². The first-order chi connectivity index (χ1) is 14.4. The third-order valence-electron chi connectivity index (χ3n) is 6.67. The maximum absolute atomic E-state index is 6.48. The SMILES string of the molecule is Cc1coc2c3ccc4c(c3c3oc(-c5ccc(Cl)cc5)nc3c12)CCCC4(C)C. The molecule has 5 aromatic rings. The number of hydrogen-bond donors (Lipinski definition) is 0. The number of halogens is 1. The lowest BCUT2D eigenvalue weighted by atomic mass is 9.71. The van der Waals surface area contributed by atoms with E-state index in [0.717, 1.165) is 50.4 Å². The molecule has 3 nitrogen and oxygen atoms in total. The lowest BCUT2D eigenvalue weighted by Crippen LogP contribution is -2.23. The summed E-state index contributed by atoms with van der Waals surface area (Å²) < 4.78 is 12.5. The zero-order valence-electron chi connectivity index (χ0n) is 17.3. The van der Waals surface area contributed by atoms with Crippen molar-refractivity contribution in [3.05, 3.63) is 64.4 Å². The van der Waals surface area contributed by atoms with Crippen molar-refractivity contribution >= 4 is 44.4 Å². The van der Waals surface area contributed by atoms with E-state index in [-0.39, 0.29) is 5.41 Å². The first-order valence-corrected chi connectivity index (χ1v) is 10.8. The molecule has 0 bridgehead atoms. The van der Waals surface area contributed by atoms with E-state index >= 15 is 0 Å². The first kappa shape index (κ1) is 18.0. The number of benzene rings is 3. The average Bonchev–Trinajstić information content (AvgIpc) is 3.32. The van der Waals surface area contributed by atoms with Crippen LogP contribution in [0.2, 0.25) is 5.02 Å². The van der Waals surface area contributed by atoms with Crippen molar-refractivity contribution in [3.8, 4) is 11.5 Å². The van der Waals surface area contributed by atoms with Gasteiger partial charge in [0.25, 0.3) is 0 Å². The Morgan fingerprint density at radius 2 is 1.80 bits per heavy atom. The molecule has 0 fully saturated rings. The molecule has 0 saturated carbocycles. The zero-order chi connectivity index (χ0) is 20.6. The Morgan fingerprint density at radius 3 is 2.60 bits per heavy atom. The van der Waals surface area contributed by atoms with E-state index in [9.17, 15) is 0 Å². The van der Waals surface area contributed by atoms with E-state index in [1.165, 1.54) is 24.0 Å². The first-order valence-electron chi connectivity index (χ1n) is 10.5. The van der Waals surface area contributed by atoms with Gasteiger partial charge in [0.15, 0.2) is 5.58 Å². The minimum atomic E-state index is 0.154. The summed E-state index contributed by atoms with van der Waals surface area (Å²) in [6.45, 7) is 6.74. The molecule has 0 unspecified atom stereocenters. The van der Waals surface area contributed by atoms with Gasteiger partial charge in [0.05, 0.1) is 11.6 Å². The molecule has 6 rings (SSSR count). The van der Waals surface area contributed by atoms with Crippen molar-refractivity contribution in [2.75, 3.05) is 0 Å². The topological polar surface area (TPSA) is 39.2 Å². The molecular formula is C26H22ClNO2. The van der Waals surface area contributed by atoms with Crippen molar-refractivity contribution in [1.82, 2.24) is 4.98 Å². The molecule has 30 heavy (non-hydrogen) atoms. The number of aromatic nitrogens is 1. The minimum Gasteiger partial charge on any atom is -0.463 e. The highest BCUT2D eigenvalue weighted by Gasteiger charge is 2.31. The molecule has 0 aliphatic heterocycles. The second kappa shape index (κ2) is 6.12. The fourth-order valence-electron chi connectivity index (χ4n) is 5.14. The zero-order valence-corrected chi connectivity index (χ0v) is 18.1. The Balaban J connectivity index is 1.78. The monoisotopic (exact) mass is 415 g/mol. The van der Waals surface area contributed by atoms with E-state index in [0.29, 0.717) is 10.9 Å². The van der Waals surface area contributed by atoms with E-state index < -0.39 is 0 Å². The van der Waals surface area contributed by atoms with Crippen molar-refractivity contribution in [3.63, 3.8) is 0 Å². The van der Waals surface area contributed by atoms with E-state index in [4.69, 9.17) is 25.4 Å². The third kappa shape index (κ3) is 2.42. The molecule has 0 spiro atoms. The van der Waals surface area contributed by atoms with Gasteiger partial charge in [-0.3, -0.25) is 0 Å². The van der Waals surface area contributed by atoms with E-state index in [1.807, 2.05) is 30.5 Å². The molecule has 0 N–H and O–H groups in total. The summed E-state index contributed by atoms with van der Waals surface area (Å²) in [7, 11) is 0. The van der Waals surface area contributed by atoms with Crippen LogP contribution in [0.3, 0.4) is 0 Å². The standard InChI is InChI=1S/C26H22ClNO2/c1-14-13-29-23-18-10-11-19-17(5-4-12-26(19,2)3)21(18)24-22(20(14)23)28-25(30-24)15-6-8-16(27)9-7-15/h6-11,13H,4-5,12H2,1-3H3. The molecule has 2 aromatic heterocycles. The highest BCUT2D eigenvalue weighted by Crippen LogP contribution is 2.46. The van der Waals surface area contributed by atoms with Crippen LogP contribution in [0.15, 0.2) is 51.5 Å². The van der Waals surface area contributed by atoms with Crippen LogP contribution in [0.1, 0.15) is 43.4 Å². The van der Waals surface area contributed by atoms with Crippen LogP contribution in [-0.2, 0) is 11.8 Å². The second-order valence-corrected chi connectivity index (χ2v) is 9.51. The van der Waals surface area contributed by atoms with Gasteiger partial charge in [-0.2, -0.15) is 0 Å². The lowest BCUT2D eigenvalue weighted by molar-refractivity contribution is 0.433. The minimum absolute atomic E-state index is 0.154. The number of nitrogens with zero attached hydrogens (tertiary/aromatic N) is 1. The number of furan rings is 1. The van der Waals surface area contributed by atoms with E-state index in [2.05, 4.69) is 32.9 Å². The number of fused-ring (bicyclic) bond motifs is 8. The number of oxazole rings is 1. The van der Waals surface area contributed by atoms with Crippen LogP contribution >= 0.6 is 11.6 Å². The summed E-state index contributed by atoms with van der Waals surface area (Å²) in [6.07, 6.45) is 5.24. The van der Waals surface area contributed by atoms with Crippen molar-refractivity contribution < 1.29 is 8.83 Å². The van der Waals surface area contributed by atoms with E-state index in [1.54, 1.807) is 0 Å². The predicted octanol–water partition coefficient (Wildman–Crippen LogP) is 7.97. The van der Waals surface area contributed by atoms with Crippen LogP contribution < -0.4 is 0 Å². The molecule has 0 saturated heterocycles. The quantitative estimate of drug-likeness (QED) is 0.278. The summed E-state index contributed by atoms with van der Waals surface area (Å²) in [5, 5.41) is 4.01. The molecule has 3 aromatic carbocycles. The molecule has 0 atom stereocenters. The molecule has 150 valence electrons. The van der Waals surface area contributed by atoms with Gasteiger partial charge in [-0.15, -0.1) is 0 Å². The second-order valence-electron chi connectivity index (χ2n) is 9.08. The molecular weight excluding hydrogens is 394 g/mol. The van der Waals surface area contributed by atoms with Gasteiger partial charge in [0.2, 0.25) is 5.89 Å². The van der Waals surface area contributed by atoms with Crippen LogP contribution in [0.4, 0.5) is 0 Å². The summed E-state index contributed by atoms with van der Waals surface area (Å²) in [5.74, 6) is 0.615. The molecule has 2 heterocycles. The number of hydrogen-bond acceptors (Lipinski definition) is 3. The fourth-order valence-corrected chi connectivity index (χ4v) is 5.27. The van der Waals surface area contributed by atoms with Crippen molar-refractivity contribution in [2.45, 2.75) is 45.4 Å². The van der Waals surface area contributed by atoms with Gasteiger partial charge >= 0.3 is 0 Å². The number of aryl methyl sites for hydroxylation is 2. The third-order valence-corrected chi connectivity index (χ3v) is 6.92. The fraction of sp³-hybridized carbons (Fsp3) is 0.269. The van der Waals surface area contributed by atoms with Gasteiger partial charge in [-0.25, -0.2) is 4.98 Å². The Bertz CT molecular complexity index is 1450. The predicted molar refractivity (Wildman–Crippen MR) is 122 cm³/mol. The summed E-state index contributed by atoms with van der Waals surface area (Å²) in [6, 6.07) is 12.1. The summed E-state index contributed by atoms with van der Waals surface area (Å²) in [4.78, 5) is 4.94. The van der Waals surface area contributed by atoms with Crippen LogP contribution in [0.25, 0.3) is 44.3 Å². The molecule has 0 amide bonds. The van der Waals surface area contributed by atoms with Crippen molar-refractivity contribution in [1.29, 1.82) is 0 Å². The van der Waals surface area contributed by atoms with Gasteiger partial charge in [0, 0.05) is 21.4 Å². The highest BCUT2D eigenvalue weighted by atomic mass is 35.5. The van der Waals surface area contributed by atoms with Crippen molar-refractivity contribution in [2.24, 2.45) is 0 Å². The average molecular weight is 416 g/mol. The van der Waals surface area contributed by atoms with Crippen LogP contribution in [0.5, 0.6) is 0 Å². The normalized spacial score (nSPS) is 15.9. The lowest BCUT2D eigenvalue weighted by Gasteiger charge is -2.33.